The lowest BCUT2D eigenvalue weighted by atomic mass is 10.1. The van der Waals surface area contributed by atoms with Gasteiger partial charge < -0.3 is 5.32 Å². The normalized spacial score (nSPS) is 10.5. The topological polar surface area (TPSA) is 64.0 Å². The molecule has 0 bridgehead atoms. The summed E-state index contributed by atoms with van der Waals surface area (Å²) in [4.78, 5) is 24.0. The summed E-state index contributed by atoms with van der Waals surface area (Å²) in [6.45, 7) is -0.332. The number of anilines is 1. The van der Waals surface area contributed by atoms with Gasteiger partial charge in [-0.05, 0) is 24.3 Å². The Kier molecular flexibility index (Phi) is 4.90. The number of benzene rings is 2. The molecule has 7 heteroatoms. The van der Waals surface area contributed by atoms with Crippen LogP contribution in [0.4, 0.5) is 10.1 Å². The molecule has 0 atom stereocenters. The molecule has 0 aliphatic heterocycles. The summed E-state index contributed by atoms with van der Waals surface area (Å²) < 4.78 is 14.8. The fourth-order valence-corrected chi connectivity index (χ4v) is 2.40. The molecular formula is C18H13ClFN3O2. The number of carbonyl (C=O) groups excluding carboxylic acids is 1. The number of rotatable bonds is 4. The fourth-order valence-electron chi connectivity index (χ4n) is 2.24. The van der Waals surface area contributed by atoms with Gasteiger partial charge >= 0.3 is 0 Å². The third-order valence-corrected chi connectivity index (χ3v) is 3.67. The van der Waals surface area contributed by atoms with Gasteiger partial charge in [0, 0.05) is 16.7 Å². The van der Waals surface area contributed by atoms with E-state index in [0.29, 0.717) is 5.69 Å². The number of halogens is 2. The van der Waals surface area contributed by atoms with E-state index in [1.165, 1.54) is 18.2 Å². The lowest BCUT2D eigenvalue weighted by Crippen LogP contribution is -2.29. The van der Waals surface area contributed by atoms with Gasteiger partial charge in [0.2, 0.25) is 5.91 Å². The predicted octanol–water partition coefficient (Wildman–Crippen LogP) is 3.34. The molecule has 0 aliphatic carbocycles. The number of hydrogen-bond donors (Lipinski definition) is 1. The minimum Gasteiger partial charge on any atom is -0.322 e. The third kappa shape index (κ3) is 4.10. The molecule has 3 aromatic rings. The van der Waals surface area contributed by atoms with Gasteiger partial charge in [-0.2, -0.15) is 5.10 Å². The second-order valence-corrected chi connectivity index (χ2v) is 5.69. The quantitative estimate of drug-likeness (QED) is 0.778. The van der Waals surface area contributed by atoms with Crippen LogP contribution in [0.2, 0.25) is 5.02 Å². The van der Waals surface area contributed by atoms with Gasteiger partial charge in [-0.1, -0.05) is 41.9 Å². The molecule has 0 saturated carbocycles. The molecule has 0 spiro atoms. The van der Waals surface area contributed by atoms with Crippen LogP contribution < -0.4 is 10.9 Å². The summed E-state index contributed by atoms with van der Waals surface area (Å²) >= 11 is 5.67. The van der Waals surface area contributed by atoms with Crippen molar-refractivity contribution in [3.05, 3.63) is 81.9 Å². The first kappa shape index (κ1) is 16.9. The summed E-state index contributed by atoms with van der Waals surface area (Å²) in [5, 5.41) is 6.82. The highest BCUT2D eigenvalue weighted by molar-refractivity contribution is 6.30. The summed E-state index contributed by atoms with van der Waals surface area (Å²) in [6.07, 6.45) is 0. The molecule has 5 nitrogen and oxygen atoms in total. The lowest BCUT2D eigenvalue weighted by Gasteiger charge is -2.09. The maximum Gasteiger partial charge on any atom is 0.267 e. The van der Waals surface area contributed by atoms with Crippen molar-refractivity contribution in [1.82, 2.24) is 9.78 Å². The van der Waals surface area contributed by atoms with E-state index in [4.69, 9.17) is 11.6 Å². The molecule has 0 saturated heterocycles. The van der Waals surface area contributed by atoms with Crippen molar-refractivity contribution in [3.63, 3.8) is 0 Å². The molecule has 25 heavy (non-hydrogen) atoms. The number of hydrogen-bond acceptors (Lipinski definition) is 3. The second kappa shape index (κ2) is 7.27. The van der Waals surface area contributed by atoms with E-state index in [1.54, 1.807) is 6.07 Å². The molecule has 1 amide bonds. The molecule has 0 radical (unpaired) electrons. The van der Waals surface area contributed by atoms with Crippen LogP contribution in [0.5, 0.6) is 0 Å². The van der Waals surface area contributed by atoms with Crippen LogP contribution in [0.3, 0.4) is 0 Å². The SMILES string of the molecule is O=C(Cn1nc(-c2ccccc2)ccc1=O)Nc1ccc(Cl)cc1F. The van der Waals surface area contributed by atoms with Gasteiger partial charge in [0.25, 0.3) is 5.56 Å². The first-order chi connectivity index (χ1) is 12.0. The van der Waals surface area contributed by atoms with Gasteiger partial charge in [0.1, 0.15) is 12.4 Å². The Labute approximate surface area is 147 Å². The van der Waals surface area contributed by atoms with Crippen LogP contribution in [-0.2, 0) is 11.3 Å². The predicted molar refractivity (Wildman–Crippen MR) is 94.0 cm³/mol. The van der Waals surface area contributed by atoms with Crippen LogP contribution in [0.1, 0.15) is 0 Å². The van der Waals surface area contributed by atoms with Gasteiger partial charge in [-0.15, -0.1) is 0 Å². The van der Waals surface area contributed by atoms with Crippen molar-refractivity contribution in [2.75, 3.05) is 5.32 Å². The Hall–Kier alpha value is -2.99. The first-order valence-corrected chi connectivity index (χ1v) is 7.79. The van der Waals surface area contributed by atoms with E-state index in [0.717, 1.165) is 16.3 Å². The lowest BCUT2D eigenvalue weighted by molar-refractivity contribution is -0.117. The molecule has 126 valence electrons. The number of nitrogens with zero attached hydrogens (tertiary/aromatic N) is 2. The molecule has 1 N–H and O–H groups in total. The number of aromatic nitrogens is 2. The smallest absolute Gasteiger partial charge is 0.267 e. The second-order valence-electron chi connectivity index (χ2n) is 5.25. The van der Waals surface area contributed by atoms with Crippen molar-refractivity contribution in [2.45, 2.75) is 6.54 Å². The molecular weight excluding hydrogens is 345 g/mol. The van der Waals surface area contributed by atoms with Crippen molar-refractivity contribution in [3.8, 4) is 11.3 Å². The Morgan fingerprint density at radius 1 is 1.12 bits per heavy atom. The number of carbonyl (C=O) groups is 1. The molecule has 2 aromatic carbocycles. The molecule has 1 aromatic heterocycles. The molecule has 1 heterocycles. The first-order valence-electron chi connectivity index (χ1n) is 7.41. The maximum atomic E-state index is 13.7. The van der Waals surface area contributed by atoms with Gasteiger partial charge in [-0.25, -0.2) is 9.07 Å². The average molecular weight is 358 g/mol. The molecule has 0 fully saturated rings. The van der Waals surface area contributed by atoms with E-state index in [2.05, 4.69) is 10.4 Å². The zero-order valence-electron chi connectivity index (χ0n) is 12.9. The third-order valence-electron chi connectivity index (χ3n) is 3.43. The van der Waals surface area contributed by atoms with Gasteiger partial charge in [-0.3, -0.25) is 9.59 Å². The maximum absolute atomic E-state index is 13.7. The van der Waals surface area contributed by atoms with Crippen molar-refractivity contribution < 1.29 is 9.18 Å². The highest BCUT2D eigenvalue weighted by Gasteiger charge is 2.11. The van der Waals surface area contributed by atoms with Gasteiger partial charge in [0.05, 0.1) is 11.4 Å². The van der Waals surface area contributed by atoms with E-state index in [1.807, 2.05) is 30.3 Å². The molecule has 0 aliphatic rings. The Morgan fingerprint density at radius 3 is 2.60 bits per heavy atom. The Bertz CT molecular complexity index is 974. The van der Waals surface area contributed by atoms with E-state index in [9.17, 15) is 14.0 Å². The average Bonchev–Trinajstić information content (AvgIpc) is 2.60. The van der Waals surface area contributed by atoms with Crippen molar-refractivity contribution in [1.29, 1.82) is 0 Å². The summed E-state index contributed by atoms with van der Waals surface area (Å²) in [7, 11) is 0. The van der Waals surface area contributed by atoms with E-state index >= 15 is 0 Å². The zero-order valence-corrected chi connectivity index (χ0v) is 13.7. The molecule has 0 unspecified atom stereocenters. The van der Waals surface area contributed by atoms with Crippen LogP contribution in [0, 0.1) is 5.82 Å². The van der Waals surface area contributed by atoms with Gasteiger partial charge in [0.15, 0.2) is 0 Å². The van der Waals surface area contributed by atoms with Crippen LogP contribution in [0.25, 0.3) is 11.3 Å². The fraction of sp³-hybridized carbons (Fsp3) is 0.0556. The van der Waals surface area contributed by atoms with E-state index in [-0.39, 0.29) is 17.3 Å². The van der Waals surface area contributed by atoms with Crippen molar-refractivity contribution >= 4 is 23.2 Å². The highest BCUT2D eigenvalue weighted by atomic mass is 35.5. The standard InChI is InChI=1S/C18H13ClFN3O2/c19-13-6-7-16(14(20)10-13)21-17(24)11-23-18(25)9-8-15(22-23)12-4-2-1-3-5-12/h1-10H,11H2,(H,21,24). The van der Waals surface area contributed by atoms with Crippen LogP contribution >= 0.6 is 11.6 Å². The summed E-state index contributed by atoms with van der Waals surface area (Å²) in [5.41, 5.74) is 0.944. The highest BCUT2D eigenvalue weighted by Crippen LogP contribution is 2.19. The van der Waals surface area contributed by atoms with Crippen LogP contribution in [0.15, 0.2) is 65.5 Å². The largest absolute Gasteiger partial charge is 0.322 e. The minimum absolute atomic E-state index is 0.0123. The zero-order chi connectivity index (χ0) is 17.8. The Balaban J connectivity index is 1.80. The minimum atomic E-state index is -0.654. The summed E-state index contributed by atoms with van der Waals surface area (Å²) in [5.74, 6) is -1.22. The van der Waals surface area contributed by atoms with Crippen LogP contribution in [-0.4, -0.2) is 15.7 Å². The van der Waals surface area contributed by atoms with E-state index < -0.39 is 17.3 Å². The Morgan fingerprint density at radius 2 is 1.88 bits per heavy atom. The molecule has 3 rings (SSSR count). The van der Waals surface area contributed by atoms with Crippen molar-refractivity contribution in [2.24, 2.45) is 0 Å². The number of amides is 1. The monoisotopic (exact) mass is 357 g/mol. The number of nitrogens with one attached hydrogen (secondary N) is 1. The summed E-state index contributed by atoms with van der Waals surface area (Å²) in [6, 6.07) is 16.1.